The fraction of sp³-hybridized carbons (Fsp3) is 0.312. The molecule has 130 valence electrons. The molecule has 1 aromatic carbocycles. The van der Waals surface area contributed by atoms with Crippen molar-refractivity contribution >= 4 is 41.2 Å². The van der Waals surface area contributed by atoms with Crippen LogP contribution in [0.2, 0.25) is 0 Å². The third kappa shape index (κ3) is 5.02. The van der Waals surface area contributed by atoms with Gasteiger partial charge in [0.05, 0.1) is 6.54 Å². The Morgan fingerprint density at radius 2 is 1.83 bits per heavy atom. The molecule has 0 saturated carbocycles. The zero-order chi connectivity index (χ0) is 17.0. The maximum atomic E-state index is 12.0. The Morgan fingerprint density at radius 3 is 2.38 bits per heavy atom. The summed E-state index contributed by atoms with van der Waals surface area (Å²) >= 11 is 1.32. The molecular formula is C16H21ClN4O2S. The van der Waals surface area contributed by atoms with Crippen molar-refractivity contribution in [1.29, 1.82) is 0 Å². The number of aromatic nitrogens is 1. The van der Waals surface area contributed by atoms with E-state index in [4.69, 9.17) is 5.73 Å². The van der Waals surface area contributed by atoms with Gasteiger partial charge in [0.1, 0.15) is 10.7 Å². The minimum absolute atomic E-state index is 0. The molecule has 0 aliphatic rings. The molecule has 24 heavy (non-hydrogen) atoms. The Hall–Kier alpha value is -1.96. The maximum Gasteiger partial charge on any atom is 0.271 e. The molecule has 2 aromatic rings. The number of carbonyl (C=O) groups excluding carboxylic acids is 2. The van der Waals surface area contributed by atoms with E-state index in [0.717, 1.165) is 22.4 Å². The van der Waals surface area contributed by atoms with E-state index in [2.05, 4.69) is 15.6 Å². The maximum absolute atomic E-state index is 12.0. The van der Waals surface area contributed by atoms with Gasteiger partial charge in [-0.1, -0.05) is 17.7 Å². The van der Waals surface area contributed by atoms with Crippen LogP contribution in [-0.2, 0) is 11.3 Å². The highest BCUT2D eigenvalue weighted by molar-refractivity contribution is 7.09. The van der Waals surface area contributed by atoms with E-state index in [1.807, 2.05) is 32.9 Å². The number of amides is 2. The van der Waals surface area contributed by atoms with Gasteiger partial charge in [0.15, 0.2) is 0 Å². The van der Waals surface area contributed by atoms with Crippen LogP contribution in [0.5, 0.6) is 0 Å². The van der Waals surface area contributed by atoms with E-state index >= 15 is 0 Å². The van der Waals surface area contributed by atoms with E-state index in [0.29, 0.717) is 11.6 Å². The smallest absolute Gasteiger partial charge is 0.271 e. The Morgan fingerprint density at radius 1 is 1.21 bits per heavy atom. The average Bonchev–Trinajstić information content (AvgIpc) is 2.97. The zero-order valence-electron chi connectivity index (χ0n) is 13.8. The number of carbonyl (C=O) groups is 2. The molecule has 4 N–H and O–H groups in total. The van der Waals surface area contributed by atoms with Gasteiger partial charge in [-0.3, -0.25) is 9.59 Å². The van der Waals surface area contributed by atoms with Crippen molar-refractivity contribution < 1.29 is 9.59 Å². The van der Waals surface area contributed by atoms with Crippen LogP contribution < -0.4 is 16.4 Å². The molecule has 0 bridgehead atoms. The van der Waals surface area contributed by atoms with Gasteiger partial charge in [-0.15, -0.1) is 23.7 Å². The summed E-state index contributed by atoms with van der Waals surface area (Å²) in [4.78, 5) is 28.0. The molecular weight excluding hydrogens is 348 g/mol. The SMILES string of the molecule is Cc1cc(C)c(NC(=O)CNC(=O)c2csc(CN)n2)c(C)c1.Cl. The van der Waals surface area contributed by atoms with E-state index in [1.54, 1.807) is 5.38 Å². The number of hydrogen-bond donors (Lipinski definition) is 3. The molecule has 6 nitrogen and oxygen atoms in total. The highest BCUT2D eigenvalue weighted by Crippen LogP contribution is 2.21. The molecule has 0 atom stereocenters. The van der Waals surface area contributed by atoms with Crippen LogP contribution in [0.15, 0.2) is 17.5 Å². The number of rotatable bonds is 5. The summed E-state index contributed by atoms with van der Waals surface area (Å²) in [7, 11) is 0. The summed E-state index contributed by atoms with van der Waals surface area (Å²) in [5.74, 6) is -0.656. The minimum atomic E-state index is -0.381. The quantitative estimate of drug-likeness (QED) is 0.754. The number of nitrogens with one attached hydrogen (secondary N) is 2. The molecule has 0 aliphatic heterocycles. The largest absolute Gasteiger partial charge is 0.342 e. The van der Waals surface area contributed by atoms with Gasteiger partial charge in [-0.05, 0) is 31.9 Å². The summed E-state index contributed by atoms with van der Waals surface area (Å²) in [6.07, 6.45) is 0. The Bertz CT molecular complexity index is 722. The second-order valence-electron chi connectivity index (χ2n) is 5.34. The number of hydrogen-bond acceptors (Lipinski definition) is 5. The van der Waals surface area contributed by atoms with Crippen molar-refractivity contribution in [3.8, 4) is 0 Å². The van der Waals surface area contributed by atoms with Crippen LogP contribution in [0.4, 0.5) is 5.69 Å². The van der Waals surface area contributed by atoms with Gasteiger partial charge < -0.3 is 16.4 Å². The van der Waals surface area contributed by atoms with Crippen LogP contribution in [0.3, 0.4) is 0 Å². The standard InChI is InChI=1S/C16H20N4O2S.ClH/c1-9-4-10(2)15(11(3)5-9)20-13(21)7-18-16(22)12-8-23-14(6-17)19-12;/h4-5,8H,6-7,17H2,1-3H3,(H,18,22)(H,20,21);1H. The number of benzene rings is 1. The molecule has 0 fully saturated rings. The molecule has 8 heteroatoms. The number of nitrogens with zero attached hydrogens (tertiary/aromatic N) is 1. The molecule has 0 aliphatic carbocycles. The number of halogens is 1. The summed E-state index contributed by atoms with van der Waals surface area (Å²) in [6, 6.07) is 4.01. The van der Waals surface area contributed by atoms with Crippen molar-refractivity contribution in [2.75, 3.05) is 11.9 Å². The van der Waals surface area contributed by atoms with Crippen LogP contribution in [0.25, 0.3) is 0 Å². The lowest BCUT2D eigenvalue weighted by atomic mass is 10.1. The predicted octanol–water partition coefficient (Wildman–Crippen LogP) is 2.32. The summed E-state index contributed by atoms with van der Waals surface area (Å²) in [6.45, 7) is 6.08. The lowest BCUT2D eigenvalue weighted by molar-refractivity contribution is -0.115. The average molecular weight is 369 g/mol. The third-order valence-corrected chi connectivity index (χ3v) is 4.18. The number of nitrogens with two attached hydrogens (primary N) is 1. The Balaban J connectivity index is 0.00000288. The van der Waals surface area contributed by atoms with Gasteiger partial charge in [0.2, 0.25) is 5.91 Å². The first-order valence-corrected chi connectivity index (χ1v) is 8.09. The number of thiazole rings is 1. The predicted molar refractivity (Wildman–Crippen MR) is 98.9 cm³/mol. The first kappa shape index (κ1) is 20.1. The molecule has 2 rings (SSSR count). The summed E-state index contributed by atoms with van der Waals surface area (Å²) < 4.78 is 0. The zero-order valence-corrected chi connectivity index (χ0v) is 15.4. The topological polar surface area (TPSA) is 97.1 Å². The fourth-order valence-corrected chi connectivity index (χ4v) is 2.98. The van der Waals surface area contributed by atoms with Gasteiger partial charge in [-0.2, -0.15) is 0 Å². The Labute approximate surface area is 151 Å². The molecule has 0 unspecified atom stereocenters. The van der Waals surface area contributed by atoms with Crippen LogP contribution >= 0.6 is 23.7 Å². The summed E-state index contributed by atoms with van der Waals surface area (Å²) in [5, 5.41) is 7.71. The van der Waals surface area contributed by atoms with E-state index < -0.39 is 0 Å². The van der Waals surface area contributed by atoms with E-state index in [9.17, 15) is 9.59 Å². The number of anilines is 1. The molecule has 1 aromatic heterocycles. The van der Waals surface area contributed by atoms with Gasteiger partial charge in [0, 0.05) is 17.6 Å². The van der Waals surface area contributed by atoms with Crippen molar-refractivity contribution in [1.82, 2.24) is 10.3 Å². The van der Waals surface area contributed by atoms with Crippen LogP contribution in [-0.4, -0.2) is 23.3 Å². The van der Waals surface area contributed by atoms with Gasteiger partial charge >= 0.3 is 0 Å². The van der Waals surface area contributed by atoms with Crippen molar-refractivity contribution in [3.63, 3.8) is 0 Å². The second-order valence-corrected chi connectivity index (χ2v) is 6.28. The second kappa shape index (κ2) is 8.77. The monoisotopic (exact) mass is 368 g/mol. The fourth-order valence-electron chi connectivity index (χ4n) is 2.32. The summed E-state index contributed by atoms with van der Waals surface area (Å²) in [5.41, 5.74) is 9.67. The van der Waals surface area contributed by atoms with E-state index in [-0.39, 0.29) is 36.5 Å². The first-order chi connectivity index (χ1) is 10.9. The molecule has 0 spiro atoms. The molecule has 1 heterocycles. The lowest BCUT2D eigenvalue weighted by Gasteiger charge is -2.13. The highest BCUT2D eigenvalue weighted by Gasteiger charge is 2.13. The molecule has 0 saturated heterocycles. The first-order valence-electron chi connectivity index (χ1n) is 7.21. The van der Waals surface area contributed by atoms with Crippen LogP contribution in [0.1, 0.15) is 32.2 Å². The molecule has 0 radical (unpaired) electrons. The van der Waals surface area contributed by atoms with Crippen molar-refractivity contribution in [2.24, 2.45) is 5.73 Å². The highest BCUT2D eigenvalue weighted by atomic mass is 35.5. The van der Waals surface area contributed by atoms with Gasteiger partial charge in [0.25, 0.3) is 5.91 Å². The van der Waals surface area contributed by atoms with Gasteiger partial charge in [-0.25, -0.2) is 4.98 Å². The number of aryl methyl sites for hydroxylation is 3. The third-order valence-electron chi connectivity index (χ3n) is 3.31. The van der Waals surface area contributed by atoms with Crippen LogP contribution in [0, 0.1) is 20.8 Å². The molecule has 2 amide bonds. The van der Waals surface area contributed by atoms with Crippen molar-refractivity contribution in [2.45, 2.75) is 27.3 Å². The minimum Gasteiger partial charge on any atom is -0.342 e. The Kier molecular flexibility index (Phi) is 7.34. The normalized spacial score (nSPS) is 10.0. The lowest BCUT2D eigenvalue weighted by Crippen LogP contribution is -2.33. The van der Waals surface area contributed by atoms with E-state index in [1.165, 1.54) is 11.3 Å². The van der Waals surface area contributed by atoms with Crippen molar-refractivity contribution in [3.05, 3.63) is 44.9 Å².